The van der Waals surface area contributed by atoms with Crippen molar-refractivity contribution in [2.45, 2.75) is 46.1 Å². The van der Waals surface area contributed by atoms with Crippen LogP contribution >= 0.6 is 0 Å². The zero-order valence-electron chi connectivity index (χ0n) is 12.7. The van der Waals surface area contributed by atoms with Crippen LogP contribution in [0.5, 0.6) is 0 Å². The van der Waals surface area contributed by atoms with E-state index in [1.165, 1.54) is 0 Å². The molecule has 4 nitrogen and oxygen atoms in total. The molecule has 1 N–H and O–H groups in total. The van der Waals surface area contributed by atoms with E-state index in [4.69, 9.17) is 4.74 Å². The highest BCUT2D eigenvalue weighted by atomic mass is 32.2. The Balaban J connectivity index is 2.54. The van der Waals surface area contributed by atoms with E-state index in [2.05, 4.69) is 26.1 Å². The Hall–Kier alpha value is -0.130. The monoisotopic (exact) mass is 291 g/mol. The molecule has 0 saturated carbocycles. The van der Waals surface area contributed by atoms with Crippen molar-refractivity contribution in [2.24, 2.45) is 11.8 Å². The summed E-state index contributed by atoms with van der Waals surface area (Å²) in [7, 11) is -2.79. The van der Waals surface area contributed by atoms with Crippen LogP contribution in [0.4, 0.5) is 0 Å². The first-order chi connectivity index (χ1) is 8.73. The molecule has 0 spiro atoms. The zero-order chi connectivity index (χ0) is 14.5. The predicted octanol–water partition coefficient (Wildman–Crippen LogP) is 1.85. The molecule has 0 aromatic rings. The second kappa shape index (κ2) is 7.04. The van der Waals surface area contributed by atoms with Gasteiger partial charge in [0.15, 0.2) is 9.84 Å². The van der Waals surface area contributed by atoms with Crippen LogP contribution in [0.3, 0.4) is 0 Å². The van der Waals surface area contributed by atoms with E-state index < -0.39 is 9.84 Å². The van der Waals surface area contributed by atoms with Gasteiger partial charge in [0, 0.05) is 18.8 Å². The Kier molecular flexibility index (Phi) is 6.27. The Bertz CT molecular complexity index is 359. The molecule has 0 aliphatic carbocycles. The van der Waals surface area contributed by atoms with E-state index in [0.717, 1.165) is 32.6 Å². The van der Waals surface area contributed by atoms with Crippen molar-refractivity contribution in [3.63, 3.8) is 0 Å². The van der Waals surface area contributed by atoms with Crippen molar-refractivity contribution >= 4 is 9.84 Å². The smallest absolute Gasteiger partial charge is 0.150 e. The molecule has 1 saturated heterocycles. The quantitative estimate of drug-likeness (QED) is 0.727. The van der Waals surface area contributed by atoms with E-state index in [0.29, 0.717) is 23.3 Å². The normalized spacial score (nSPS) is 24.5. The van der Waals surface area contributed by atoms with Gasteiger partial charge in [-0.25, -0.2) is 8.42 Å². The van der Waals surface area contributed by atoms with Crippen LogP contribution in [0.2, 0.25) is 0 Å². The molecule has 0 bridgehead atoms. The zero-order valence-corrected chi connectivity index (χ0v) is 13.6. The Labute approximate surface area is 118 Å². The van der Waals surface area contributed by atoms with Crippen molar-refractivity contribution in [3.8, 4) is 0 Å². The molecule has 114 valence electrons. The largest absolute Gasteiger partial charge is 0.382 e. The minimum Gasteiger partial charge on any atom is -0.382 e. The summed E-state index contributed by atoms with van der Waals surface area (Å²) in [6.07, 6.45) is 1.75. The molecule has 0 aromatic heterocycles. The lowest BCUT2D eigenvalue weighted by Gasteiger charge is -2.28. The van der Waals surface area contributed by atoms with Gasteiger partial charge < -0.3 is 10.1 Å². The average Bonchev–Trinajstić information content (AvgIpc) is 2.62. The van der Waals surface area contributed by atoms with Crippen LogP contribution in [0.25, 0.3) is 0 Å². The van der Waals surface area contributed by atoms with Crippen LogP contribution in [0, 0.1) is 11.8 Å². The first-order valence-corrected chi connectivity index (χ1v) is 9.09. The second-order valence-corrected chi connectivity index (χ2v) is 8.77. The molecule has 2 atom stereocenters. The fourth-order valence-corrected chi connectivity index (χ4v) is 4.44. The third-order valence-electron chi connectivity index (χ3n) is 3.67. The minimum absolute atomic E-state index is 0.0708. The van der Waals surface area contributed by atoms with Crippen LogP contribution in [-0.4, -0.2) is 45.2 Å². The Morgan fingerprint density at radius 3 is 2.53 bits per heavy atom. The highest BCUT2D eigenvalue weighted by Crippen LogP contribution is 2.28. The number of hydrogen-bond acceptors (Lipinski definition) is 4. The number of rotatable bonds is 7. The van der Waals surface area contributed by atoms with Gasteiger partial charge in [-0.1, -0.05) is 0 Å². The fraction of sp³-hybridized carbons (Fsp3) is 1.00. The third-order valence-corrected chi connectivity index (χ3v) is 5.46. The highest BCUT2D eigenvalue weighted by Gasteiger charge is 2.33. The summed E-state index contributed by atoms with van der Waals surface area (Å²) in [5, 5.41) is 3.50. The van der Waals surface area contributed by atoms with E-state index >= 15 is 0 Å². The van der Waals surface area contributed by atoms with Gasteiger partial charge in [0.1, 0.15) is 0 Å². The predicted molar refractivity (Wildman–Crippen MR) is 79.1 cm³/mol. The maximum absolute atomic E-state index is 11.6. The lowest BCUT2D eigenvalue weighted by Crippen LogP contribution is -2.41. The number of nitrogens with one attached hydrogen (secondary N) is 1. The van der Waals surface area contributed by atoms with Gasteiger partial charge in [0.2, 0.25) is 0 Å². The molecule has 0 aromatic carbocycles. The van der Waals surface area contributed by atoms with Crippen molar-refractivity contribution in [2.75, 3.05) is 31.3 Å². The maximum atomic E-state index is 11.6. The van der Waals surface area contributed by atoms with Crippen molar-refractivity contribution < 1.29 is 13.2 Å². The first kappa shape index (κ1) is 16.9. The molecule has 0 amide bonds. The standard InChI is InChI=1S/C14H29NO3S/c1-5-18-8-6-12(10-15-14(2,3)4)13-7-9-19(16,17)11-13/h12-13,15H,5-11H2,1-4H3. The molecule has 1 rings (SSSR count). The van der Waals surface area contributed by atoms with Crippen molar-refractivity contribution in [1.29, 1.82) is 0 Å². The molecule has 1 aliphatic heterocycles. The van der Waals surface area contributed by atoms with E-state index in [1.54, 1.807) is 0 Å². The topological polar surface area (TPSA) is 55.4 Å². The molecule has 5 heteroatoms. The van der Waals surface area contributed by atoms with Gasteiger partial charge in [0.05, 0.1) is 11.5 Å². The van der Waals surface area contributed by atoms with Crippen LogP contribution in [-0.2, 0) is 14.6 Å². The van der Waals surface area contributed by atoms with Crippen LogP contribution in [0.1, 0.15) is 40.5 Å². The lowest BCUT2D eigenvalue weighted by atomic mass is 9.88. The summed E-state index contributed by atoms with van der Waals surface area (Å²) in [6, 6.07) is 0. The van der Waals surface area contributed by atoms with Gasteiger partial charge in [-0.05, 0) is 58.9 Å². The summed E-state index contributed by atoms with van der Waals surface area (Å²) in [5.74, 6) is 1.40. The van der Waals surface area contributed by atoms with E-state index in [1.807, 2.05) is 6.92 Å². The molecular weight excluding hydrogens is 262 g/mol. The molecular formula is C14H29NO3S. The fourth-order valence-electron chi connectivity index (χ4n) is 2.52. The van der Waals surface area contributed by atoms with E-state index in [-0.39, 0.29) is 5.54 Å². The first-order valence-electron chi connectivity index (χ1n) is 7.27. The molecule has 1 fully saturated rings. The molecule has 1 aliphatic rings. The highest BCUT2D eigenvalue weighted by molar-refractivity contribution is 7.91. The second-order valence-electron chi connectivity index (χ2n) is 6.54. The van der Waals surface area contributed by atoms with Crippen molar-refractivity contribution in [1.82, 2.24) is 5.32 Å². The van der Waals surface area contributed by atoms with Crippen LogP contribution in [0.15, 0.2) is 0 Å². The summed E-state index contributed by atoms with van der Waals surface area (Å²) >= 11 is 0. The van der Waals surface area contributed by atoms with E-state index in [9.17, 15) is 8.42 Å². The number of hydrogen-bond donors (Lipinski definition) is 1. The van der Waals surface area contributed by atoms with Gasteiger partial charge in [0.25, 0.3) is 0 Å². The third kappa shape index (κ3) is 6.72. The summed E-state index contributed by atoms with van der Waals surface area (Å²) < 4.78 is 28.7. The van der Waals surface area contributed by atoms with Gasteiger partial charge in [-0.15, -0.1) is 0 Å². The van der Waals surface area contributed by atoms with Crippen molar-refractivity contribution in [3.05, 3.63) is 0 Å². The van der Waals surface area contributed by atoms with Gasteiger partial charge in [-0.3, -0.25) is 0 Å². The lowest BCUT2D eigenvalue weighted by molar-refractivity contribution is 0.120. The Morgan fingerprint density at radius 2 is 2.05 bits per heavy atom. The summed E-state index contributed by atoms with van der Waals surface area (Å²) in [6.45, 7) is 10.7. The molecule has 1 heterocycles. The van der Waals surface area contributed by atoms with Gasteiger partial charge >= 0.3 is 0 Å². The SMILES string of the molecule is CCOCCC(CNC(C)(C)C)C1CCS(=O)(=O)C1. The number of ether oxygens (including phenoxy) is 1. The van der Waals surface area contributed by atoms with Gasteiger partial charge in [-0.2, -0.15) is 0 Å². The molecule has 2 unspecified atom stereocenters. The average molecular weight is 291 g/mol. The summed E-state index contributed by atoms with van der Waals surface area (Å²) in [5.41, 5.74) is 0.0708. The molecule has 19 heavy (non-hydrogen) atoms. The molecule has 0 radical (unpaired) electrons. The number of sulfone groups is 1. The van der Waals surface area contributed by atoms with Crippen LogP contribution < -0.4 is 5.32 Å². The minimum atomic E-state index is -2.79. The summed E-state index contributed by atoms with van der Waals surface area (Å²) in [4.78, 5) is 0. The maximum Gasteiger partial charge on any atom is 0.150 e. The Morgan fingerprint density at radius 1 is 1.37 bits per heavy atom.